The molecule has 1 aromatic heterocycles. The third-order valence-corrected chi connectivity index (χ3v) is 2.43. The number of carbonyl (C=O) groups is 1. The first-order valence-corrected chi connectivity index (χ1v) is 5.03. The highest BCUT2D eigenvalue weighted by Crippen LogP contribution is 2.13. The molecule has 2 heteroatoms. The van der Waals surface area contributed by atoms with Gasteiger partial charge in [0, 0.05) is 17.7 Å². The van der Waals surface area contributed by atoms with Crippen LogP contribution in [-0.4, -0.2) is 6.29 Å². The average molecular weight is 210 g/mol. The molecule has 0 aliphatic carbocycles. The number of hydrogen-bond acceptors (Lipinski definition) is 1. The zero-order valence-corrected chi connectivity index (χ0v) is 8.84. The van der Waals surface area contributed by atoms with Gasteiger partial charge in [-0.3, -0.25) is 4.79 Å². The molecule has 1 aromatic carbocycles. The normalized spacial score (nSPS) is 9.75. The van der Waals surface area contributed by atoms with Gasteiger partial charge in [0.1, 0.15) is 0 Å². The summed E-state index contributed by atoms with van der Waals surface area (Å²) in [6.07, 6.45) is 4.66. The van der Waals surface area contributed by atoms with E-state index in [-0.39, 0.29) is 0 Å². The minimum absolute atomic E-state index is 0.656. The van der Waals surface area contributed by atoms with Crippen molar-refractivity contribution >= 4 is 12.0 Å². The second kappa shape index (κ2) is 4.53. The smallest absolute Gasteiger partial charge is 0.211 e. The van der Waals surface area contributed by atoms with E-state index in [0.717, 1.165) is 17.5 Å². The largest absolute Gasteiger partial charge is 0.298 e. The summed E-state index contributed by atoms with van der Waals surface area (Å²) in [5.74, 6) is 0. The molecule has 0 amide bonds. The van der Waals surface area contributed by atoms with Crippen molar-refractivity contribution in [3.05, 3.63) is 72.6 Å². The monoisotopic (exact) mass is 210 g/mol. The summed E-state index contributed by atoms with van der Waals surface area (Å²) in [5.41, 5.74) is 2.31. The summed E-state index contributed by atoms with van der Waals surface area (Å²) in [5, 5.41) is 0. The van der Waals surface area contributed by atoms with E-state index in [2.05, 4.69) is 6.58 Å². The molecule has 0 bridgehead atoms. The van der Waals surface area contributed by atoms with Crippen LogP contribution in [0.5, 0.6) is 0 Å². The second-order valence-corrected chi connectivity index (χ2v) is 3.43. The van der Waals surface area contributed by atoms with Crippen molar-refractivity contribution in [1.29, 1.82) is 0 Å². The maximum atomic E-state index is 10.9. The van der Waals surface area contributed by atoms with E-state index in [1.54, 1.807) is 6.07 Å². The number of aromatic nitrogens is 1. The maximum absolute atomic E-state index is 10.9. The van der Waals surface area contributed by atoms with Crippen LogP contribution in [0.25, 0.3) is 5.70 Å². The number of benzene rings is 1. The summed E-state index contributed by atoms with van der Waals surface area (Å²) in [7, 11) is 0. The Bertz CT molecular complexity index is 517. The van der Waals surface area contributed by atoms with Gasteiger partial charge in [0.05, 0.1) is 5.56 Å². The van der Waals surface area contributed by atoms with Gasteiger partial charge in [-0.25, -0.2) is 0 Å². The van der Waals surface area contributed by atoms with Crippen molar-refractivity contribution in [3.63, 3.8) is 0 Å². The van der Waals surface area contributed by atoms with Crippen molar-refractivity contribution in [2.45, 2.75) is 0 Å². The fraction of sp³-hybridized carbons (Fsp3) is 0. The van der Waals surface area contributed by atoms with Crippen LogP contribution in [0.4, 0.5) is 0 Å². The molecule has 78 valence electrons. The minimum Gasteiger partial charge on any atom is -0.298 e. The third kappa shape index (κ3) is 1.91. The topological polar surface area (TPSA) is 20.9 Å². The number of rotatable bonds is 3. The Morgan fingerprint density at radius 1 is 1.06 bits per heavy atom. The van der Waals surface area contributed by atoms with Crippen LogP contribution in [0.2, 0.25) is 0 Å². The Kier molecular flexibility index (Phi) is 2.92. The first-order chi connectivity index (χ1) is 7.83. The van der Waals surface area contributed by atoms with E-state index in [4.69, 9.17) is 0 Å². The lowest BCUT2D eigenvalue weighted by atomic mass is 10.1. The quantitative estimate of drug-likeness (QED) is 0.562. The molecule has 2 nitrogen and oxygen atoms in total. The van der Waals surface area contributed by atoms with Crippen molar-refractivity contribution in [3.8, 4) is 0 Å². The lowest BCUT2D eigenvalue weighted by molar-refractivity contribution is -0.578. The van der Waals surface area contributed by atoms with Gasteiger partial charge >= 0.3 is 0 Å². The van der Waals surface area contributed by atoms with Gasteiger partial charge in [0.2, 0.25) is 5.70 Å². The number of hydrogen-bond donors (Lipinski definition) is 0. The van der Waals surface area contributed by atoms with Gasteiger partial charge in [-0.05, 0) is 12.6 Å². The van der Waals surface area contributed by atoms with Gasteiger partial charge in [0.25, 0.3) is 0 Å². The molecule has 0 aliphatic rings. The van der Waals surface area contributed by atoms with Crippen molar-refractivity contribution in [2.24, 2.45) is 0 Å². The molecule has 0 N–H and O–H groups in total. The molecular weight excluding hydrogens is 198 g/mol. The molecule has 2 rings (SSSR count). The van der Waals surface area contributed by atoms with Crippen LogP contribution in [-0.2, 0) is 0 Å². The highest BCUT2D eigenvalue weighted by atomic mass is 16.1. The SMILES string of the molecule is C=C(c1ccccc1C=O)[n+]1ccccc1. The van der Waals surface area contributed by atoms with Crippen molar-refractivity contribution in [1.82, 2.24) is 0 Å². The molecule has 0 spiro atoms. The Morgan fingerprint density at radius 3 is 2.44 bits per heavy atom. The molecule has 1 heterocycles. The fourth-order valence-electron chi connectivity index (χ4n) is 1.58. The van der Waals surface area contributed by atoms with E-state index in [1.807, 2.05) is 53.4 Å². The highest BCUT2D eigenvalue weighted by molar-refractivity contribution is 5.83. The molecule has 0 fully saturated rings. The van der Waals surface area contributed by atoms with E-state index < -0.39 is 0 Å². The van der Waals surface area contributed by atoms with Crippen LogP contribution in [0, 0.1) is 0 Å². The predicted molar refractivity (Wildman–Crippen MR) is 62.9 cm³/mol. The highest BCUT2D eigenvalue weighted by Gasteiger charge is 2.12. The molecule has 0 aliphatic heterocycles. The number of aldehydes is 1. The van der Waals surface area contributed by atoms with Crippen LogP contribution in [0.15, 0.2) is 61.4 Å². The van der Waals surface area contributed by atoms with Crippen LogP contribution in [0.1, 0.15) is 15.9 Å². The van der Waals surface area contributed by atoms with Crippen LogP contribution in [0.3, 0.4) is 0 Å². The molecule has 0 saturated heterocycles. The first kappa shape index (κ1) is 10.3. The fourth-order valence-corrected chi connectivity index (χ4v) is 1.58. The Labute approximate surface area is 94.5 Å². The summed E-state index contributed by atoms with van der Waals surface area (Å²) < 4.78 is 1.89. The summed E-state index contributed by atoms with van der Waals surface area (Å²) >= 11 is 0. The lowest BCUT2D eigenvalue weighted by Gasteiger charge is -2.02. The summed E-state index contributed by atoms with van der Waals surface area (Å²) in [6.45, 7) is 4.01. The summed E-state index contributed by atoms with van der Waals surface area (Å²) in [6, 6.07) is 13.2. The lowest BCUT2D eigenvalue weighted by Crippen LogP contribution is -2.31. The summed E-state index contributed by atoms with van der Waals surface area (Å²) in [4.78, 5) is 10.9. The predicted octanol–water partition coefficient (Wildman–Crippen LogP) is 2.31. The zero-order chi connectivity index (χ0) is 11.4. The average Bonchev–Trinajstić information content (AvgIpc) is 2.39. The van der Waals surface area contributed by atoms with E-state index >= 15 is 0 Å². The second-order valence-electron chi connectivity index (χ2n) is 3.43. The molecule has 0 atom stereocenters. The molecule has 0 unspecified atom stereocenters. The standard InChI is InChI=1S/C14H12NO/c1-12(15-9-5-2-6-10-15)14-8-4-3-7-13(14)11-16/h2-11H,1H2/q+1. The number of pyridine rings is 1. The molecule has 16 heavy (non-hydrogen) atoms. The third-order valence-electron chi connectivity index (χ3n) is 2.43. The number of nitrogens with zero attached hydrogens (tertiary/aromatic N) is 1. The Hall–Kier alpha value is -2.22. The minimum atomic E-state index is 0.656. The molecule has 2 aromatic rings. The van der Waals surface area contributed by atoms with Crippen molar-refractivity contribution in [2.75, 3.05) is 0 Å². The van der Waals surface area contributed by atoms with Crippen LogP contribution < -0.4 is 4.57 Å². The zero-order valence-electron chi connectivity index (χ0n) is 8.84. The molecular formula is C14H12NO+. The van der Waals surface area contributed by atoms with Gasteiger partial charge < -0.3 is 0 Å². The van der Waals surface area contributed by atoms with E-state index in [0.29, 0.717) is 5.56 Å². The van der Waals surface area contributed by atoms with E-state index in [9.17, 15) is 4.79 Å². The van der Waals surface area contributed by atoms with Crippen molar-refractivity contribution < 1.29 is 9.36 Å². The van der Waals surface area contributed by atoms with Gasteiger partial charge in [-0.15, -0.1) is 0 Å². The Morgan fingerprint density at radius 2 is 1.75 bits per heavy atom. The molecule has 0 radical (unpaired) electrons. The Balaban J connectivity index is 2.46. The van der Waals surface area contributed by atoms with E-state index in [1.165, 1.54) is 0 Å². The molecule has 0 saturated carbocycles. The van der Waals surface area contributed by atoms with Gasteiger partial charge in [0.15, 0.2) is 18.7 Å². The maximum Gasteiger partial charge on any atom is 0.211 e. The first-order valence-electron chi connectivity index (χ1n) is 5.03. The number of carbonyl (C=O) groups excluding carboxylic acids is 1. The van der Waals surface area contributed by atoms with Gasteiger partial charge in [-0.1, -0.05) is 24.3 Å². The van der Waals surface area contributed by atoms with Gasteiger partial charge in [-0.2, -0.15) is 4.57 Å². The van der Waals surface area contributed by atoms with Crippen LogP contribution >= 0.6 is 0 Å².